The van der Waals surface area contributed by atoms with E-state index in [1.165, 1.54) is 0 Å². The molecule has 0 aliphatic heterocycles. The molecule has 0 radical (unpaired) electrons. The fourth-order valence-electron chi connectivity index (χ4n) is 4.27. The molecular formula is C25H31FN6O. The Morgan fingerprint density at radius 1 is 1.03 bits per heavy atom. The first-order valence-corrected chi connectivity index (χ1v) is 11.4. The molecule has 7 nitrogen and oxygen atoms in total. The zero-order valence-electron chi connectivity index (χ0n) is 19.1. The number of fused-ring (bicyclic) bond motifs is 1. The van der Waals surface area contributed by atoms with Crippen molar-refractivity contribution in [2.24, 2.45) is 5.92 Å². The number of hydrogen-bond donors (Lipinski definition) is 3. The van der Waals surface area contributed by atoms with Crippen LogP contribution in [0.4, 0.5) is 21.0 Å². The highest BCUT2D eigenvalue weighted by Crippen LogP contribution is 2.28. The number of nitrogens with zero attached hydrogens (tertiary/aromatic N) is 3. The predicted octanol–water partition coefficient (Wildman–Crippen LogP) is 4.63. The Bertz CT molecular complexity index is 1070. The summed E-state index contributed by atoms with van der Waals surface area (Å²) in [6, 6.07) is 16.4. The number of carbonyl (C=O) groups excluding carboxylic acids is 1. The molecule has 3 aromatic rings. The van der Waals surface area contributed by atoms with E-state index < -0.39 is 12.3 Å². The van der Waals surface area contributed by atoms with Crippen molar-refractivity contribution in [1.29, 1.82) is 0 Å². The molecule has 3 N–H and O–H groups in total. The van der Waals surface area contributed by atoms with Gasteiger partial charge in [0.25, 0.3) is 0 Å². The van der Waals surface area contributed by atoms with Crippen LogP contribution in [0.5, 0.6) is 0 Å². The molecule has 1 aliphatic rings. The summed E-state index contributed by atoms with van der Waals surface area (Å²) in [5.74, 6) is 1.92. The van der Waals surface area contributed by atoms with E-state index >= 15 is 0 Å². The van der Waals surface area contributed by atoms with Crippen LogP contribution in [0.25, 0.3) is 10.9 Å². The van der Waals surface area contributed by atoms with Gasteiger partial charge in [-0.25, -0.2) is 14.2 Å². The SMILES string of the molecule is CN(C)c1nc(NC2CCC(CNC(=O)NC(F)c3ccccc3)CC2)nc2ccccc12. The van der Waals surface area contributed by atoms with Gasteiger partial charge in [-0.1, -0.05) is 42.5 Å². The molecular weight excluding hydrogens is 419 g/mol. The average Bonchev–Trinajstić information content (AvgIpc) is 2.83. The first-order valence-electron chi connectivity index (χ1n) is 11.4. The first-order chi connectivity index (χ1) is 16.0. The molecule has 0 bridgehead atoms. The normalized spacial score (nSPS) is 19.0. The molecule has 1 unspecified atom stereocenters. The number of alkyl halides is 1. The van der Waals surface area contributed by atoms with Gasteiger partial charge in [0, 0.05) is 37.6 Å². The molecule has 174 valence electrons. The van der Waals surface area contributed by atoms with Gasteiger partial charge in [0.15, 0.2) is 6.30 Å². The van der Waals surface area contributed by atoms with Gasteiger partial charge in [-0.3, -0.25) is 0 Å². The second-order valence-corrected chi connectivity index (χ2v) is 8.77. The number of carbonyl (C=O) groups is 1. The topological polar surface area (TPSA) is 82.2 Å². The van der Waals surface area contributed by atoms with E-state index in [1.54, 1.807) is 24.3 Å². The van der Waals surface area contributed by atoms with E-state index in [-0.39, 0.29) is 0 Å². The van der Waals surface area contributed by atoms with Gasteiger partial charge in [0.05, 0.1) is 5.52 Å². The lowest BCUT2D eigenvalue weighted by atomic mass is 9.86. The first kappa shape index (κ1) is 22.8. The van der Waals surface area contributed by atoms with Gasteiger partial charge in [0.2, 0.25) is 5.95 Å². The van der Waals surface area contributed by atoms with Crippen molar-refractivity contribution in [2.45, 2.75) is 38.0 Å². The predicted molar refractivity (Wildman–Crippen MR) is 130 cm³/mol. The van der Waals surface area contributed by atoms with Crippen molar-refractivity contribution in [3.05, 3.63) is 60.2 Å². The molecule has 1 saturated carbocycles. The zero-order valence-corrected chi connectivity index (χ0v) is 19.1. The van der Waals surface area contributed by atoms with E-state index in [1.807, 2.05) is 49.3 Å². The van der Waals surface area contributed by atoms with Gasteiger partial charge < -0.3 is 20.9 Å². The lowest BCUT2D eigenvalue weighted by molar-refractivity contribution is 0.214. The van der Waals surface area contributed by atoms with Crippen molar-refractivity contribution in [3.63, 3.8) is 0 Å². The van der Waals surface area contributed by atoms with E-state index in [4.69, 9.17) is 9.97 Å². The minimum atomic E-state index is -1.51. The van der Waals surface area contributed by atoms with Crippen LogP contribution in [-0.4, -0.2) is 42.7 Å². The number of rotatable bonds is 7. The van der Waals surface area contributed by atoms with Gasteiger partial charge in [0.1, 0.15) is 5.82 Å². The summed E-state index contributed by atoms with van der Waals surface area (Å²) in [5, 5.41) is 9.70. The fraction of sp³-hybridized carbons (Fsp3) is 0.400. The van der Waals surface area contributed by atoms with E-state index in [0.29, 0.717) is 30.0 Å². The second kappa shape index (κ2) is 10.5. The highest BCUT2D eigenvalue weighted by molar-refractivity contribution is 5.90. The largest absolute Gasteiger partial charge is 0.362 e. The number of amides is 2. The number of hydrogen-bond acceptors (Lipinski definition) is 5. The third-order valence-electron chi connectivity index (χ3n) is 6.09. The smallest absolute Gasteiger partial charge is 0.317 e. The van der Waals surface area contributed by atoms with Crippen LogP contribution < -0.4 is 20.9 Å². The summed E-state index contributed by atoms with van der Waals surface area (Å²) < 4.78 is 14.2. The summed E-state index contributed by atoms with van der Waals surface area (Å²) in [4.78, 5) is 23.5. The number of para-hydroxylation sites is 1. The molecule has 4 rings (SSSR count). The Balaban J connectivity index is 1.25. The maximum absolute atomic E-state index is 14.2. The van der Waals surface area contributed by atoms with Crippen LogP contribution in [0.15, 0.2) is 54.6 Å². The molecule has 0 saturated heterocycles. The van der Waals surface area contributed by atoms with E-state index in [2.05, 4.69) is 16.0 Å². The summed E-state index contributed by atoms with van der Waals surface area (Å²) in [5.41, 5.74) is 1.36. The fourth-order valence-corrected chi connectivity index (χ4v) is 4.27. The molecule has 1 fully saturated rings. The Labute approximate surface area is 193 Å². The Hall–Kier alpha value is -3.42. The maximum atomic E-state index is 14.2. The van der Waals surface area contributed by atoms with Crippen molar-refractivity contribution in [3.8, 4) is 0 Å². The summed E-state index contributed by atoms with van der Waals surface area (Å²) in [7, 11) is 3.97. The monoisotopic (exact) mass is 450 g/mol. The highest BCUT2D eigenvalue weighted by atomic mass is 19.1. The van der Waals surface area contributed by atoms with Crippen LogP contribution in [0.1, 0.15) is 37.5 Å². The Morgan fingerprint density at radius 2 is 1.73 bits per heavy atom. The molecule has 1 heterocycles. The summed E-state index contributed by atoms with van der Waals surface area (Å²) in [6.45, 7) is 0.539. The molecule has 1 aliphatic carbocycles. The second-order valence-electron chi connectivity index (χ2n) is 8.77. The van der Waals surface area contributed by atoms with Gasteiger partial charge >= 0.3 is 6.03 Å². The maximum Gasteiger partial charge on any atom is 0.317 e. The van der Waals surface area contributed by atoms with E-state index in [9.17, 15) is 9.18 Å². The molecule has 33 heavy (non-hydrogen) atoms. The van der Waals surface area contributed by atoms with Crippen LogP contribution in [0.2, 0.25) is 0 Å². The number of nitrogens with one attached hydrogen (secondary N) is 3. The van der Waals surface area contributed by atoms with Crippen LogP contribution in [0, 0.1) is 5.92 Å². The lowest BCUT2D eigenvalue weighted by Crippen LogP contribution is -2.40. The van der Waals surface area contributed by atoms with Gasteiger partial charge in [-0.05, 0) is 43.7 Å². The quantitative estimate of drug-likeness (QED) is 0.457. The Morgan fingerprint density at radius 3 is 2.45 bits per heavy atom. The van der Waals surface area contributed by atoms with Crippen molar-refractivity contribution in [2.75, 3.05) is 30.9 Å². The lowest BCUT2D eigenvalue weighted by Gasteiger charge is -2.29. The average molecular weight is 451 g/mol. The van der Waals surface area contributed by atoms with Gasteiger partial charge in [-0.2, -0.15) is 4.98 Å². The molecule has 8 heteroatoms. The van der Waals surface area contributed by atoms with Crippen LogP contribution in [0.3, 0.4) is 0 Å². The minimum Gasteiger partial charge on any atom is -0.362 e. The van der Waals surface area contributed by atoms with Crippen molar-refractivity contribution in [1.82, 2.24) is 20.6 Å². The molecule has 2 aromatic carbocycles. The molecule has 2 amide bonds. The van der Waals surface area contributed by atoms with Crippen molar-refractivity contribution >= 4 is 28.7 Å². The highest BCUT2D eigenvalue weighted by Gasteiger charge is 2.23. The third-order valence-corrected chi connectivity index (χ3v) is 6.09. The number of anilines is 2. The molecule has 0 spiro atoms. The molecule has 1 aromatic heterocycles. The zero-order chi connectivity index (χ0) is 23.2. The van der Waals surface area contributed by atoms with Crippen LogP contribution in [-0.2, 0) is 0 Å². The number of benzene rings is 2. The number of halogens is 1. The number of aromatic nitrogens is 2. The van der Waals surface area contributed by atoms with Crippen LogP contribution >= 0.6 is 0 Å². The minimum absolute atomic E-state index is 0.291. The van der Waals surface area contributed by atoms with Gasteiger partial charge in [-0.15, -0.1) is 0 Å². The standard InChI is InChI=1S/C25H31FN6O/c1-32(2)23-20-10-6-7-11-21(20)29-24(31-23)28-19-14-12-17(13-15-19)16-27-25(33)30-22(26)18-8-4-3-5-9-18/h3-11,17,19,22H,12-16H2,1-2H3,(H2,27,30,33)(H,28,29,31). The summed E-state index contributed by atoms with van der Waals surface area (Å²) in [6.07, 6.45) is 2.38. The third kappa shape index (κ3) is 5.88. The molecule has 1 atom stereocenters. The summed E-state index contributed by atoms with van der Waals surface area (Å²) >= 11 is 0. The number of urea groups is 1. The van der Waals surface area contributed by atoms with E-state index in [0.717, 1.165) is 42.4 Å². The van der Waals surface area contributed by atoms with Crippen molar-refractivity contribution < 1.29 is 9.18 Å². The Kier molecular flexibility index (Phi) is 7.22.